The standard InChI is InChI=1S/C14H19ClN4/c1-8(2)19-14(11(15)7-18-19)12(16)13-10(4)5-9(3)6-17-13/h5-8,12H,16H2,1-4H3. The van der Waals surface area contributed by atoms with E-state index in [-0.39, 0.29) is 12.1 Å². The Labute approximate surface area is 118 Å². The van der Waals surface area contributed by atoms with Crippen LogP contribution in [0.3, 0.4) is 0 Å². The second kappa shape index (κ2) is 5.31. The molecule has 0 fully saturated rings. The summed E-state index contributed by atoms with van der Waals surface area (Å²) in [5, 5.41) is 4.87. The molecule has 1 unspecified atom stereocenters. The molecule has 2 heterocycles. The van der Waals surface area contributed by atoms with Crippen molar-refractivity contribution in [3.8, 4) is 0 Å². The molecule has 0 saturated heterocycles. The van der Waals surface area contributed by atoms with Crippen molar-refractivity contribution in [1.29, 1.82) is 0 Å². The van der Waals surface area contributed by atoms with Gasteiger partial charge in [-0.25, -0.2) is 0 Å². The molecule has 2 aromatic rings. The molecule has 0 aliphatic heterocycles. The Morgan fingerprint density at radius 3 is 2.53 bits per heavy atom. The predicted molar refractivity (Wildman–Crippen MR) is 77.4 cm³/mol. The van der Waals surface area contributed by atoms with Crippen LogP contribution in [0, 0.1) is 13.8 Å². The van der Waals surface area contributed by atoms with Crippen LogP contribution in [0.5, 0.6) is 0 Å². The lowest BCUT2D eigenvalue weighted by atomic mass is 10.0. The molecule has 0 aromatic carbocycles. The lowest BCUT2D eigenvalue weighted by molar-refractivity contribution is 0.497. The number of hydrogen-bond donors (Lipinski definition) is 1. The molecule has 0 bridgehead atoms. The van der Waals surface area contributed by atoms with Crippen molar-refractivity contribution in [2.45, 2.75) is 39.8 Å². The van der Waals surface area contributed by atoms with E-state index in [0.717, 1.165) is 22.5 Å². The molecular formula is C14H19ClN4. The fraction of sp³-hybridized carbons (Fsp3) is 0.429. The summed E-state index contributed by atoms with van der Waals surface area (Å²) in [6.45, 7) is 8.13. The molecule has 2 rings (SSSR count). The van der Waals surface area contributed by atoms with E-state index in [1.54, 1.807) is 6.20 Å². The van der Waals surface area contributed by atoms with Crippen LogP contribution in [-0.2, 0) is 0 Å². The van der Waals surface area contributed by atoms with Gasteiger partial charge in [-0.3, -0.25) is 9.67 Å². The Kier molecular flexibility index (Phi) is 3.92. The number of nitrogens with two attached hydrogens (primary N) is 1. The van der Waals surface area contributed by atoms with Crippen molar-refractivity contribution in [3.05, 3.63) is 46.0 Å². The predicted octanol–water partition coefficient (Wildman–Crippen LogP) is 3.18. The van der Waals surface area contributed by atoms with Crippen LogP contribution >= 0.6 is 11.6 Å². The SMILES string of the molecule is Cc1cnc(C(N)c2c(Cl)cnn2C(C)C)c(C)c1. The second-order valence-electron chi connectivity index (χ2n) is 5.11. The summed E-state index contributed by atoms with van der Waals surface area (Å²) in [6.07, 6.45) is 3.46. The maximum absolute atomic E-state index is 6.34. The Morgan fingerprint density at radius 2 is 1.95 bits per heavy atom. The number of halogens is 1. The second-order valence-corrected chi connectivity index (χ2v) is 5.52. The van der Waals surface area contributed by atoms with Crippen molar-refractivity contribution in [2.75, 3.05) is 0 Å². The van der Waals surface area contributed by atoms with Crippen LogP contribution in [0.25, 0.3) is 0 Å². The zero-order valence-electron chi connectivity index (χ0n) is 11.7. The number of aryl methyl sites for hydroxylation is 2. The highest BCUT2D eigenvalue weighted by Gasteiger charge is 2.22. The molecule has 0 spiro atoms. The Morgan fingerprint density at radius 1 is 1.26 bits per heavy atom. The lowest BCUT2D eigenvalue weighted by Gasteiger charge is -2.18. The van der Waals surface area contributed by atoms with Crippen LogP contribution < -0.4 is 5.73 Å². The number of aromatic nitrogens is 3. The molecule has 5 heteroatoms. The summed E-state index contributed by atoms with van der Waals surface area (Å²) < 4.78 is 1.86. The van der Waals surface area contributed by atoms with Gasteiger partial charge in [0, 0.05) is 12.2 Å². The van der Waals surface area contributed by atoms with Crippen molar-refractivity contribution >= 4 is 11.6 Å². The third-order valence-corrected chi connectivity index (χ3v) is 3.41. The number of nitrogens with zero attached hydrogens (tertiary/aromatic N) is 3. The van der Waals surface area contributed by atoms with Gasteiger partial charge >= 0.3 is 0 Å². The van der Waals surface area contributed by atoms with Gasteiger partial charge in [0.25, 0.3) is 0 Å². The first kappa shape index (κ1) is 14.0. The zero-order chi connectivity index (χ0) is 14.2. The first-order valence-electron chi connectivity index (χ1n) is 6.33. The average molecular weight is 279 g/mol. The van der Waals surface area contributed by atoms with E-state index < -0.39 is 0 Å². The van der Waals surface area contributed by atoms with Crippen LogP contribution in [0.2, 0.25) is 5.02 Å². The van der Waals surface area contributed by atoms with Crippen LogP contribution in [0.4, 0.5) is 0 Å². The molecule has 0 saturated carbocycles. The molecule has 2 aromatic heterocycles. The zero-order valence-corrected chi connectivity index (χ0v) is 12.4. The molecule has 102 valence electrons. The largest absolute Gasteiger partial charge is 0.318 e. The number of hydrogen-bond acceptors (Lipinski definition) is 3. The van der Waals surface area contributed by atoms with Gasteiger partial charge in [0.2, 0.25) is 0 Å². The highest BCUT2D eigenvalue weighted by Crippen LogP contribution is 2.29. The van der Waals surface area contributed by atoms with Crippen LogP contribution in [0.15, 0.2) is 18.5 Å². The van der Waals surface area contributed by atoms with Gasteiger partial charge in [-0.05, 0) is 38.8 Å². The molecule has 0 radical (unpaired) electrons. The van der Waals surface area contributed by atoms with Gasteiger partial charge in [0.15, 0.2) is 0 Å². The normalized spacial score (nSPS) is 13.0. The molecule has 1 atom stereocenters. The summed E-state index contributed by atoms with van der Waals surface area (Å²) in [5.74, 6) is 0. The molecule has 2 N–H and O–H groups in total. The third-order valence-electron chi connectivity index (χ3n) is 3.12. The Hall–Kier alpha value is -1.39. The highest BCUT2D eigenvalue weighted by molar-refractivity contribution is 6.31. The fourth-order valence-corrected chi connectivity index (χ4v) is 2.48. The van der Waals surface area contributed by atoms with Crippen molar-refractivity contribution in [1.82, 2.24) is 14.8 Å². The van der Waals surface area contributed by atoms with E-state index in [1.807, 2.05) is 24.7 Å². The Balaban J connectivity index is 2.49. The molecule has 4 nitrogen and oxygen atoms in total. The molecule has 0 amide bonds. The summed E-state index contributed by atoms with van der Waals surface area (Å²) >= 11 is 6.23. The number of pyridine rings is 1. The van der Waals surface area contributed by atoms with Gasteiger partial charge in [0.1, 0.15) is 0 Å². The topological polar surface area (TPSA) is 56.7 Å². The van der Waals surface area contributed by atoms with Gasteiger partial charge in [-0.1, -0.05) is 17.7 Å². The van der Waals surface area contributed by atoms with Crippen molar-refractivity contribution in [2.24, 2.45) is 5.73 Å². The smallest absolute Gasteiger partial charge is 0.0915 e. The minimum absolute atomic E-state index is 0.208. The third kappa shape index (κ3) is 2.65. The van der Waals surface area contributed by atoms with E-state index in [2.05, 4.69) is 30.0 Å². The minimum Gasteiger partial charge on any atom is -0.318 e. The molecule has 0 aliphatic rings. The fourth-order valence-electron chi connectivity index (χ4n) is 2.23. The van der Waals surface area contributed by atoms with E-state index in [4.69, 9.17) is 17.3 Å². The van der Waals surface area contributed by atoms with Gasteiger partial charge < -0.3 is 5.73 Å². The van der Waals surface area contributed by atoms with E-state index in [1.165, 1.54) is 0 Å². The van der Waals surface area contributed by atoms with E-state index >= 15 is 0 Å². The molecule has 0 aliphatic carbocycles. The highest BCUT2D eigenvalue weighted by atomic mass is 35.5. The van der Waals surface area contributed by atoms with E-state index in [9.17, 15) is 0 Å². The monoisotopic (exact) mass is 278 g/mol. The lowest BCUT2D eigenvalue weighted by Crippen LogP contribution is -2.21. The quantitative estimate of drug-likeness (QED) is 0.938. The van der Waals surface area contributed by atoms with Crippen molar-refractivity contribution < 1.29 is 0 Å². The van der Waals surface area contributed by atoms with Gasteiger partial charge in [-0.2, -0.15) is 5.10 Å². The summed E-state index contributed by atoms with van der Waals surface area (Å²) in [5.41, 5.74) is 10.2. The Bertz CT molecular complexity index is 589. The molecule has 19 heavy (non-hydrogen) atoms. The number of rotatable bonds is 3. The first-order chi connectivity index (χ1) is 8.91. The maximum Gasteiger partial charge on any atom is 0.0915 e. The van der Waals surface area contributed by atoms with Gasteiger partial charge in [0.05, 0.1) is 28.6 Å². The average Bonchev–Trinajstić information content (AvgIpc) is 2.70. The minimum atomic E-state index is -0.363. The van der Waals surface area contributed by atoms with Crippen molar-refractivity contribution in [3.63, 3.8) is 0 Å². The summed E-state index contributed by atoms with van der Waals surface area (Å²) in [4.78, 5) is 4.45. The summed E-state index contributed by atoms with van der Waals surface area (Å²) in [6, 6.07) is 1.92. The summed E-state index contributed by atoms with van der Waals surface area (Å²) in [7, 11) is 0. The first-order valence-corrected chi connectivity index (χ1v) is 6.71. The molecular weight excluding hydrogens is 260 g/mol. The van der Waals surface area contributed by atoms with Crippen LogP contribution in [-0.4, -0.2) is 14.8 Å². The van der Waals surface area contributed by atoms with Crippen LogP contribution in [0.1, 0.15) is 48.4 Å². The van der Waals surface area contributed by atoms with E-state index in [0.29, 0.717) is 5.02 Å². The van der Waals surface area contributed by atoms with Gasteiger partial charge in [-0.15, -0.1) is 0 Å². The maximum atomic E-state index is 6.34.